The van der Waals surface area contributed by atoms with Gasteiger partial charge < -0.3 is 19.5 Å². The van der Waals surface area contributed by atoms with Gasteiger partial charge in [-0.15, -0.1) is 0 Å². The first-order valence-electron chi connectivity index (χ1n) is 7.44. The monoisotopic (exact) mass is 357 g/mol. The van der Waals surface area contributed by atoms with E-state index < -0.39 is 0 Å². The molecule has 118 valence electrons. The standard InChI is InChI=1S/C16H24BrNO3/c1-11(2)18-10-12-8-14(17)16(15(9-12)19-3)21-13-4-6-20-7-5-13/h8-9,11,13,18H,4-7,10H2,1-3H3. The summed E-state index contributed by atoms with van der Waals surface area (Å²) in [5, 5.41) is 3.41. The molecule has 2 rings (SSSR count). The summed E-state index contributed by atoms with van der Waals surface area (Å²) in [6, 6.07) is 4.58. The summed E-state index contributed by atoms with van der Waals surface area (Å²) in [6.45, 7) is 6.61. The summed E-state index contributed by atoms with van der Waals surface area (Å²) in [7, 11) is 1.68. The highest BCUT2D eigenvalue weighted by Crippen LogP contribution is 2.38. The maximum Gasteiger partial charge on any atom is 0.175 e. The van der Waals surface area contributed by atoms with E-state index in [0.717, 1.165) is 48.6 Å². The van der Waals surface area contributed by atoms with E-state index in [1.165, 1.54) is 5.56 Å². The number of hydrogen-bond acceptors (Lipinski definition) is 4. The number of ether oxygens (including phenoxy) is 3. The molecular weight excluding hydrogens is 334 g/mol. The number of hydrogen-bond donors (Lipinski definition) is 1. The Labute approximate surface area is 135 Å². The quantitative estimate of drug-likeness (QED) is 0.845. The van der Waals surface area contributed by atoms with Crippen LogP contribution >= 0.6 is 15.9 Å². The minimum atomic E-state index is 0.198. The zero-order valence-corrected chi connectivity index (χ0v) is 14.5. The number of benzene rings is 1. The molecule has 21 heavy (non-hydrogen) atoms. The second-order valence-electron chi connectivity index (χ2n) is 5.57. The molecule has 5 heteroatoms. The van der Waals surface area contributed by atoms with Crippen LogP contribution in [0.2, 0.25) is 0 Å². The molecule has 1 N–H and O–H groups in total. The summed E-state index contributed by atoms with van der Waals surface area (Å²) in [5.74, 6) is 1.56. The second-order valence-corrected chi connectivity index (χ2v) is 6.43. The lowest BCUT2D eigenvalue weighted by Crippen LogP contribution is -2.26. The minimum absolute atomic E-state index is 0.198. The fourth-order valence-corrected chi connectivity index (χ4v) is 2.86. The molecule has 1 fully saturated rings. The molecule has 1 aliphatic rings. The van der Waals surface area contributed by atoms with Crippen molar-refractivity contribution >= 4 is 15.9 Å². The van der Waals surface area contributed by atoms with Gasteiger partial charge in [0.25, 0.3) is 0 Å². The van der Waals surface area contributed by atoms with E-state index in [4.69, 9.17) is 14.2 Å². The third-order valence-corrected chi connectivity index (χ3v) is 4.05. The summed E-state index contributed by atoms with van der Waals surface area (Å²) in [4.78, 5) is 0. The van der Waals surface area contributed by atoms with E-state index in [0.29, 0.717) is 6.04 Å². The fraction of sp³-hybridized carbons (Fsp3) is 0.625. The molecule has 0 spiro atoms. The van der Waals surface area contributed by atoms with Gasteiger partial charge in [0.1, 0.15) is 6.10 Å². The van der Waals surface area contributed by atoms with E-state index in [9.17, 15) is 0 Å². The SMILES string of the molecule is COc1cc(CNC(C)C)cc(Br)c1OC1CCOCC1. The Morgan fingerprint density at radius 3 is 2.67 bits per heavy atom. The zero-order chi connectivity index (χ0) is 15.2. The molecule has 0 aliphatic carbocycles. The zero-order valence-electron chi connectivity index (χ0n) is 12.9. The molecule has 0 atom stereocenters. The van der Waals surface area contributed by atoms with Gasteiger partial charge in [-0.2, -0.15) is 0 Å². The normalized spacial score (nSPS) is 16.2. The van der Waals surface area contributed by atoms with Crippen LogP contribution in [-0.4, -0.2) is 32.5 Å². The van der Waals surface area contributed by atoms with Crippen LogP contribution in [0, 0.1) is 0 Å². The molecule has 0 saturated carbocycles. The minimum Gasteiger partial charge on any atom is -0.493 e. The Bertz CT molecular complexity index is 459. The number of rotatable bonds is 6. The van der Waals surface area contributed by atoms with Crippen molar-refractivity contribution in [3.63, 3.8) is 0 Å². The van der Waals surface area contributed by atoms with Crippen LogP contribution in [0.5, 0.6) is 11.5 Å². The van der Waals surface area contributed by atoms with Crippen molar-refractivity contribution in [2.45, 2.75) is 45.4 Å². The fourth-order valence-electron chi connectivity index (χ4n) is 2.27. The van der Waals surface area contributed by atoms with Crippen molar-refractivity contribution in [1.29, 1.82) is 0 Å². The summed E-state index contributed by atoms with van der Waals surface area (Å²) in [5.41, 5.74) is 1.17. The summed E-state index contributed by atoms with van der Waals surface area (Å²) >= 11 is 3.61. The van der Waals surface area contributed by atoms with Crippen molar-refractivity contribution < 1.29 is 14.2 Å². The molecule has 0 aromatic heterocycles. The van der Waals surface area contributed by atoms with Crippen molar-refractivity contribution in [2.75, 3.05) is 20.3 Å². The lowest BCUT2D eigenvalue weighted by Gasteiger charge is -2.25. The van der Waals surface area contributed by atoms with Crippen molar-refractivity contribution in [1.82, 2.24) is 5.32 Å². The predicted octanol–water partition coefficient (Wildman–Crippen LogP) is 3.51. The lowest BCUT2D eigenvalue weighted by atomic mass is 10.1. The Balaban J connectivity index is 2.12. The van der Waals surface area contributed by atoms with Crippen LogP contribution in [0.3, 0.4) is 0 Å². The van der Waals surface area contributed by atoms with Gasteiger partial charge in [0.15, 0.2) is 11.5 Å². The first kappa shape index (κ1) is 16.6. The number of halogens is 1. The lowest BCUT2D eigenvalue weighted by molar-refractivity contribution is 0.0242. The Morgan fingerprint density at radius 1 is 1.33 bits per heavy atom. The third kappa shape index (κ3) is 4.87. The largest absolute Gasteiger partial charge is 0.493 e. The highest BCUT2D eigenvalue weighted by molar-refractivity contribution is 9.10. The van der Waals surface area contributed by atoms with Gasteiger partial charge in [-0.05, 0) is 33.6 Å². The first-order chi connectivity index (χ1) is 10.1. The van der Waals surface area contributed by atoms with E-state index in [2.05, 4.69) is 41.2 Å². The average molecular weight is 358 g/mol. The molecule has 0 radical (unpaired) electrons. The molecular formula is C16H24BrNO3. The summed E-state index contributed by atoms with van der Waals surface area (Å²) < 4.78 is 17.9. The van der Waals surface area contributed by atoms with Gasteiger partial charge in [0.05, 0.1) is 24.8 Å². The van der Waals surface area contributed by atoms with Gasteiger partial charge in [-0.1, -0.05) is 13.8 Å². The number of nitrogens with one attached hydrogen (secondary N) is 1. The highest BCUT2D eigenvalue weighted by atomic mass is 79.9. The van der Waals surface area contributed by atoms with Crippen LogP contribution in [0.15, 0.2) is 16.6 Å². The smallest absolute Gasteiger partial charge is 0.175 e. The van der Waals surface area contributed by atoms with E-state index in [-0.39, 0.29) is 6.10 Å². The van der Waals surface area contributed by atoms with Gasteiger partial charge in [0, 0.05) is 25.4 Å². The molecule has 0 bridgehead atoms. The predicted molar refractivity (Wildman–Crippen MR) is 87.1 cm³/mol. The molecule has 0 amide bonds. The Morgan fingerprint density at radius 2 is 2.05 bits per heavy atom. The van der Waals surface area contributed by atoms with E-state index >= 15 is 0 Å². The Hall–Kier alpha value is -0.780. The summed E-state index contributed by atoms with van der Waals surface area (Å²) in [6.07, 6.45) is 2.04. The van der Waals surface area contributed by atoms with Crippen LogP contribution < -0.4 is 14.8 Å². The van der Waals surface area contributed by atoms with E-state index in [1.807, 2.05) is 6.07 Å². The van der Waals surface area contributed by atoms with Crippen molar-refractivity contribution in [3.8, 4) is 11.5 Å². The molecule has 1 aromatic carbocycles. The van der Waals surface area contributed by atoms with Crippen LogP contribution in [0.25, 0.3) is 0 Å². The van der Waals surface area contributed by atoms with Crippen LogP contribution in [0.1, 0.15) is 32.3 Å². The second kappa shape index (κ2) is 8.01. The molecule has 1 heterocycles. The van der Waals surface area contributed by atoms with Gasteiger partial charge in [-0.25, -0.2) is 0 Å². The third-order valence-electron chi connectivity index (χ3n) is 3.46. The number of methoxy groups -OCH3 is 1. The molecule has 1 saturated heterocycles. The molecule has 1 aromatic rings. The molecule has 1 aliphatic heterocycles. The Kier molecular flexibility index (Phi) is 6.33. The van der Waals surface area contributed by atoms with E-state index in [1.54, 1.807) is 7.11 Å². The highest BCUT2D eigenvalue weighted by Gasteiger charge is 2.20. The van der Waals surface area contributed by atoms with Crippen molar-refractivity contribution in [2.24, 2.45) is 0 Å². The van der Waals surface area contributed by atoms with Crippen LogP contribution in [0.4, 0.5) is 0 Å². The molecule has 0 unspecified atom stereocenters. The maximum atomic E-state index is 6.12. The van der Waals surface area contributed by atoms with Crippen LogP contribution in [-0.2, 0) is 11.3 Å². The molecule has 4 nitrogen and oxygen atoms in total. The van der Waals surface area contributed by atoms with Crippen molar-refractivity contribution in [3.05, 3.63) is 22.2 Å². The van der Waals surface area contributed by atoms with Gasteiger partial charge >= 0.3 is 0 Å². The topological polar surface area (TPSA) is 39.7 Å². The van der Waals surface area contributed by atoms with Gasteiger partial charge in [0.2, 0.25) is 0 Å². The maximum absolute atomic E-state index is 6.12. The van der Waals surface area contributed by atoms with Gasteiger partial charge in [-0.3, -0.25) is 0 Å². The average Bonchev–Trinajstić information content (AvgIpc) is 2.48. The first-order valence-corrected chi connectivity index (χ1v) is 8.23.